The summed E-state index contributed by atoms with van der Waals surface area (Å²) in [5, 5.41) is 8.85. The maximum Gasteiger partial charge on any atom is 0.323 e. The smallest absolute Gasteiger partial charge is 0.323 e. The molecule has 2 rings (SSSR count). The topological polar surface area (TPSA) is 57.6 Å². The molecule has 1 heterocycles. The molecular formula is C16H16FNO3S. The summed E-state index contributed by atoms with van der Waals surface area (Å²) in [6, 6.07) is 7.82. The molecule has 116 valence electrons. The number of nitrogens with zero attached hydrogens (tertiary/aromatic N) is 1. The zero-order valence-corrected chi connectivity index (χ0v) is 13.1. The van der Waals surface area contributed by atoms with Crippen LogP contribution in [0.4, 0.5) is 4.39 Å². The Hall–Kier alpha value is -2.21. The van der Waals surface area contributed by atoms with Crippen molar-refractivity contribution in [2.24, 2.45) is 0 Å². The predicted molar refractivity (Wildman–Crippen MR) is 83.7 cm³/mol. The Morgan fingerprint density at radius 2 is 1.91 bits per heavy atom. The van der Waals surface area contributed by atoms with Crippen LogP contribution in [0, 0.1) is 12.7 Å². The van der Waals surface area contributed by atoms with Crippen molar-refractivity contribution < 1.29 is 19.1 Å². The third kappa shape index (κ3) is 3.51. The molecule has 0 bridgehead atoms. The predicted octanol–water partition coefficient (Wildman–Crippen LogP) is 3.41. The first-order valence-electron chi connectivity index (χ1n) is 6.79. The SMILES string of the molecule is CCN(CC(=O)O)C(=O)c1cc(C)c(-c2ccc(F)cc2)s1. The van der Waals surface area contributed by atoms with E-state index in [1.54, 1.807) is 25.1 Å². The van der Waals surface area contributed by atoms with Crippen molar-refractivity contribution in [3.8, 4) is 10.4 Å². The van der Waals surface area contributed by atoms with Crippen LogP contribution in [0.5, 0.6) is 0 Å². The average molecular weight is 321 g/mol. The monoisotopic (exact) mass is 321 g/mol. The summed E-state index contributed by atoms with van der Waals surface area (Å²) in [6.07, 6.45) is 0. The van der Waals surface area contributed by atoms with Crippen LogP contribution in [-0.2, 0) is 4.79 Å². The van der Waals surface area contributed by atoms with Crippen molar-refractivity contribution in [1.29, 1.82) is 0 Å². The van der Waals surface area contributed by atoms with Crippen molar-refractivity contribution >= 4 is 23.2 Å². The first kappa shape index (κ1) is 16.2. The number of rotatable bonds is 5. The molecule has 1 amide bonds. The number of carbonyl (C=O) groups is 2. The number of carboxylic acid groups (broad SMARTS) is 1. The molecule has 0 saturated carbocycles. The van der Waals surface area contributed by atoms with Crippen molar-refractivity contribution in [3.63, 3.8) is 0 Å². The molecule has 0 radical (unpaired) electrons. The minimum atomic E-state index is -1.04. The molecule has 6 heteroatoms. The molecule has 0 aliphatic heterocycles. The number of halogens is 1. The Kier molecular flexibility index (Phi) is 4.92. The van der Waals surface area contributed by atoms with Gasteiger partial charge in [-0.25, -0.2) is 4.39 Å². The van der Waals surface area contributed by atoms with Gasteiger partial charge in [0.05, 0.1) is 4.88 Å². The molecule has 0 spiro atoms. The van der Waals surface area contributed by atoms with Gasteiger partial charge in [0, 0.05) is 11.4 Å². The van der Waals surface area contributed by atoms with E-state index in [1.807, 2.05) is 6.92 Å². The van der Waals surface area contributed by atoms with Crippen molar-refractivity contribution in [1.82, 2.24) is 4.90 Å². The zero-order valence-electron chi connectivity index (χ0n) is 12.3. The van der Waals surface area contributed by atoms with E-state index in [0.29, 0.717) is 11.4 Å². The molecule has 0 aliphatic carbocycles. The molecule has 1 N–H and O–H groups in total. The highest BCUT2D eigenvalue weighted by Crippen LogP contribution is 2.33. The lowest BCUT2D eigenvalue weighted by Crippen LogP contribution is -2.34. The quantitative estimate of drug-likeness (QED) is 0.918. The summed E-state index contributed by atoms with van der Waals surface area (Å²) in [5.41, 5.74) is 1.75. The van der Waals surface area contributed by atoms with Gasteiger partial charge in [-0.15, -0.1) is 11.3 Å². The standard InChI is InChI=1S/C16H16FNO3S/c1-3-18(9-14(19)20)16(21)13-8-10(2)15(22-13)11-4-6-12(17)7-5-11/h4-8H,3,9H2,1-2H3,(H,19,20). The number of hydrogen-bond donors (Lipinski definition) is 1. The lowest BCUT2D eigenvalue weighted by Gasteiger charge is -2.17. The fraction of sp³-hybridized carbons (Fsp3) is 0.250. The van der Waals surface area contributed by atoms with Crippen LogP contribution in [0.15, 0.2) is 30.3 Å². The van der Waals surface area contributed by atoms with Gasteiger partial charge in [0.1, 0.15) is 12.4 Å². The highest BCUT2D eigenvalue weighted by Gasteiger charge is 2.20. The lowest BCUT2D eigenvalue weighted by molar-refractivity contribution is -0.137. The molecule has 2 aromatic rings. The minimum absolute atomic E-state index is 0.300. The third-order valence-electron chi connectivity index (χ3n) is 3.23. The molecule has 0 saturated heterocycles. The summed E-state index contributed by atoms with van der Waals surface area (Å²) in [6.45, 7) is 3.62. The fourth-order valence-electron chi connectivity index (χ4n) is 2.12. The van der Waals surface area contributed by atoms with E-state index in [0.717, 1.165) is 16.0 Å². The molecule has 0 aliphatic rings. The summed E-state index contributed by atoms with van der Waals surface area (Å²) in [5.74, 6) is -1.65. The normalized spacial score (nSPS) is 10.5. The molecule has 0 atom stereocenters. The minimum Gasteiger partial charge on any atom is -0.480 e. The van der Waals surface area contributed by atoms with E-state index in [4.69, 9.17) is 5.11 Å². The third-order valence-corrected chi connectivity index (χ3v) is 4.50. The van der Waals surface area contributed by atoms with E-state index in [9.17, 15) is 14.0 Å². The Labute approximate surface area is 131 Å². The number of carboxylic acids is 1. The first-order valence-corrected chi connectivity index (χ1v) is 7.61. The molecule has 4 nitrogen and oxygen atoms in total. The molecule has 0 unspecified atom stereocenters. The molecule has 22 heavy (non-hydrogen) atoms. The highest BCUT2D eigenvalue weighted by atomic mass is 32.1. The summed E-state index contributed by atoms with van der Waals surface area (Å²) >= 11 is 1.29. The maximum absolute atomic E-state index is 13.0. The van der Waals surface area contributed by atoms with Crippen LogP contribution in [-0.4, -0.2) is 35.0 Å². The first-order chi connectivity index (χ1) is 10.4. The van der Waals surface area contributed by atoms with Gasteiger partial charge in [0.15, 0.2) is 0 Å². The van der Waals surface area contributed by atoms with E-state index < -0.39 is 5.97 Å². The van der Waals surface area contributed by atoms with Crippen LogP contribution in [0.1, 0.15) is 22.2 Å². The van der Waals surface area contributed by atoms with Crippen LogP contribution in [0.3, 0.4) is 0 Å². The number of aryl methyl sites for hydroxylation is 1. The Balaban J connectivity index is 2.30. The van der Waals surface area contributed by atoms with Crippen LogP contribution < -0.4 is 0 Å². The largest absolute Gasteiger partial charge is 0.480 e. The number of aliphatic carboxylic acids is 1. The Morgan fingerprint density at radius 3 is 2.45 bits per heavy atom. The second kappa shape index (κ2) is 6.70. The van der Waals surface area contributed by atoms with E-state index >= 15 is 0 Å². The van der Waals surface area contributed by atoms with E-state index in [2.05, 4.69) is 0 Å². The van der Waals surface area contributed by atoms with Gasteiger partial charge in [-0.3, -0.25) is 9.59 Å². The number of thiophene rings is 1. The van der Waals surface area contributed by atoms with Gasteiger partial charge in [-0.2, -0.15) is 0 Å². The molecular weight excluding hydrogens is 305 g/mol. The van der Waals surface area contributed by atoms with Gasteiger partial charge < -0.3 is 10.0 Å². The van der Waals surface area contributed by atoms with E-state index in [-0.39, 0.29) is 18.3 Å². The number of amides is 1. The number of benzene rings is 1. The second-order valence-corrected chi connectivity index (χ2v) is 5.89. The van der Waals surface area contributed by atoms with Gasteiger partial charge in [0.2, 0.25) is 0 Å². The fourth-order valence-corrected chi connectivity index (χ4v) is 3.27. The lowest BCUT2D eigenvalue weighted by atomic mass is 10.1. The Morgan fingerprint density at radius 1 is 1.27 bits per heavy atom. The van der Waals surface area contributed by atoms with Crippen LogP contribution >= 0.6 is 11.3 Å². The molecule has 1 aromatic carbocycles. The average Bonchev–Trinajstić information content (AvgIpc) is 2.86. The van der Waals surface area contributed by atoms with Crippen molar-refractivity contribution in [3.05, 3.63) is 46.6 Å². The molecule has 1 aromatic heterocycles. The zero-order chi connectivity index (χ0) is 16.3. The van der Waals surface area contributed by atoms with Gasteiger partial charge in [0.25, 0.3) is 5.91 Å². The van der Waals surface area contributed by atoms with Gasteiger partial charge in [-0.05, 0) is 43.2 Å². The Bertz CT molecular complexity index is 694. The van der Waals surface area contributed by atoms with Crippen LogP contribution in [0.2, 0.25) is 0 Å². The number of hydrogen-bond acceptors (Lipinski definition) is 3. The molecule has 0 fully saturated rings. The van der Waals surface area contributed by atoms with Gasteiger partial charge >= 0.3 is 5.97 Å². The highest BCUT2D eigenvalue weighted by molar-refractivity contribution is 7.17. The van der Waals surface area contributed by atoms with Crippen LogP contribution in [0.25, 0.3) is 10.4 Å². The maximum atomic E-state index is 13.0. The second-order valence-electron chi connectivity index (χ2n) is 4.84. The number of likely N-dealkylation sites (N-methyl/N-ethyl adjacent to an activating group) is 1. The summed E-state index contributed by atoms with van der Waals surface area (Å²) in [4.78, 5) is 25.8. The summed E-state index contributed by atoms with van der Waals surface area (Å²) in [7, 11) is 0. The van der Waals surface area contributed by atoms with Crippen molar-refractivity contribution in [2.75, 3.05) is 13.1 Å². The number of carbonyl (C=O) groups excluding carboxylic acids is 1. The van der Waals surface area contributed by atoms with Crippen molar-refractivity contribution in [2.45, 2.75) is 13.8 Å². The van der Waals surface area contributed by atoms with Gasteiger partial charge in [-0.1, -0.05) is 12.1 Å². The van der Waals surface area contributed by atoms with E-state index in [1.165, 1.54) is 28.4 Å². The summed E-state index contributed by atoms with van der Waals surface area (Å²) < 4.78 is 13.0.